The average molecular weight is 317 g/mol. The zero-order valence-electron chi connectivity index (χ0n) is 12.4. The van der Waals surface area contributed by atoms with Crippen LogP contribution in [0, 0.1) is 12.8 Å². The molecule has 0 aromatic heterocycles. The lowest BCUT2D eigenvalue weighted by Gasteiger charge is -2.18. The molecule has 0 saturated carbocycles. The second-order valence-electron chi connectivity index (χ2n) is 6.00. The van der Waals surface area contributed by atoms with E-state index in [2.05, 4.69) is 55.5 Å². The fourth-order valence-electron chi connectivity index (χ4n) is 3.13. The van der Waals surface area contributed by atoms with Gasteiger partial charge in [0.2, 0.25) is 0 Å². The van der Waals surface area contributed by atoms with Gasteiger partial charge in [0.1, 0.15) is 0 Å². The zero-order valence-corrected chi connectivity index (χ0v) is 14.0. The van der Waals surface area contributed by atoms with Crippen molar-refractivity contribution in [1.29, 1.82) is 0 Å². The molecule has 0 aliphatic carbocycles. The van der Waals surface area contributed by atoms with Crippen molar-refractivity contribution in [3.05, 3.63) is 65.2 Å². The van der Waals surface area contributed by atoms with Crippen LogP contribution in [0.1, 0.15) is 23.1 Å². The number of rotatable bonds is 5. The molecule has 0 saturated heterocycles. The van der Waals surface area contributed by atoms with Gasteiger partial charge in [0.25, 0.3) is 0 Å². The summed E-state index contributed by atoms with van der Waals surface area (Å²) in [6.07, 6.45) is 3.50. The lowest BCUT2D eigenvalue weighted by atomic mass is 9.94. The van der Waals surface area contributed by atoms with Gasteiger partial charge in [-0.2, -0.15) is 0 Å². The Labute approximate surface area is 136 Å². The molecule has 2 unspecified atom stereocenters. The summed E-state index contributed by atoms with van der Waals surface area (Å²) in [6.45, 7) is 2.16. The highest BCUT2D eigenvalue weighted by Crippen LogP contribution is 2.40. The predicted molar refractivity (Wildman–Crippen MR) is 93.5 cm³/mol. The number of aryl methyl sites for hydroxylation is 1. The van der Waals surface area contributed by atoms with Gasteiger partial charge in [0.15, 0.2) is 0 Å². The number of hydrogen-bond acceptors (Lipinski definition) is 1. The van der Waals surface area contributed by atoms with Crippen LogP contribution in [0.2, 0.25) is 0 Å². The minimum Gasteiger partial charge on any atom is -0.126 e. The van der Waals surface area contributed by atoms with Gasteiger partial charge in [-0.25, -0.2) is 0 Å². The fourth-order valence-corrected chi connectivity index (χ4v) is 4.82. The molecule has 1 heterocycles. The maximum Gasteiger partial charge on any atom is 0.0255 e. The van der Waals surface area contributed by atoms with E-state index in [0.29, 0.717) is 11.2 Å². The van der Waals surface area contributed by atoms with Crippen molar-refractivity contribution >= 4 is 23.4 Å². The molecule has 2 aromatic carbocycles. The Morgan fingerprint density at radius 2 is 2.05 bits per heavy atom. The molecule has 0 N–H and O–H groups in total. The minimum absolute atomic E-state index is 0.570. The molecule has 0 fully saturated rings. The molecule has 0 radical (unpaired) electrons. The lowest BCUT2D eigenvalue weighted by Crippen LogP contribution is -2.14. The quantitative estimate of drug-likeness (QED) is 0.656. The summed E-state index contributed by atoms with van der Waals surface area (Å²) >= 11 is 8.27. The summed E-state index contributed by atoms with van der Waals surface area (Å²) in [6, 6.07) is 17.6. The van der Waals surface area contributed by atoms with E-state index in [-0.39, 0.29) is 0 Å². The Kier molecular flexibility index (Phi) is 4.92. The smallest absolute Gasteiger partial charge is 0.0255 e. The Morgan fingerprint density at radius 3 is 2.81 bits per heavy atom. The molecule has 1 aliphatic heterocycles. The van der Waals surface area contributed by atoms with Crippen molar-refractivity contribution in [1.82, 2.24) is 0 Å². The van der Waals surface area contributed by atoms with Gasteiger partial charge < -0.3 is 0 Å². The number of benzene rings is 2. The Bertz CT molecular complexity index is 583. The van der Waals surface area contributed by atoms with Crippen molar-refractivity contribution in [2.75, 3.05) is 5.88 Å². The van der Waals surface area contributed by atoms with Gasteiger partial charge in [-0.05, 0) is 49.3 Å². The van der Waals surface area contributed by atoms with Crippen molar-refractivity contribution in [3.63, 3.8) is 0 Å². The van der Waals surface area contributed by atoms with Crippen LogP contribution < -0.4 is 0 Å². The first-order chi connectivity index (χ1) is 10.2. The van der Waals surface area contributed by atoms with Crippen LogP contribution in [0.25, 0.3) is 0 Å². The molecule has 3 rings (SSSR count). The van der Waals surface area contributed by atoms with Crippen molar-refractivity contribution < 1.29 is 0 Å². The van der Waals surface area contributed by atoms with E-state index in [1.54, 1.807) is 0 Å². The Balaban J connectivity index is 1.61. The molecule has 0 bridgehead atoms. The van der Waals surface area contributed by atoms with E-state index in [1.807, 2.05) is 11.8 Å². The fraction of sp³-hybridized carbons (Fsp3) is 0.368. The van der Waals surface area contributed by atoms with Gasteiger partial charge in [0, 0.05) is 16.0 Å². The molecule has 0 amide bonds. The van der Waals surface area contributed by atoms with Crippen LogP contribution in [0.4, 0.5) is 0 Å². The predicted octanol–water partition coefficient (Wildman–Crippen LogP) is 5.50. The maximum absolute atomic E-state index is 6.24. The van der Waals surface area contributed by atoms with Crippen LogP contribution in [0.3, 0.4) is 0 Å². The number of alkyl halides is 1. The first-order valence-electron chi connectivity index (χ1n) is 7.60. The highest BCUT2D eigenvalue weighted by Gasteiger charge is 2.24. The van der Waals surface area contributed by atoms with Crippen LogP contribution in [-0.4, -0.2) is 11.1 Å². The van der Waals surface area contributed by atoms with E-state index in [4.69, 9.17) is 11.6 Å². The number of halogens is 1. The second-order valence-corrected chi connectivity index (χ2v) is 7.65. The van der Waals surface area contributed by atoms with Gasteiger partial charge >= 0.3 is 0 Å². The van der Waals surface area contributed by atoms with E-state index in [0.717, 1.165) is 12.3 Å². The molecule has 0 nitrogen and oxygen atoms in total. The molecule has 1 aliphatic rings. The van der Waals surface area contributed by atoms with Gasteiger partial charge in [-0.15, -0.1) is 23.4 Å². The maximum atomic E-state index is 6.24. The highest BCUT2D eigenvalue weighted by molar-refractivity contribution is 8.00. The highest BCUT2D eigenvalue weighted by atomic mass is 35.5. The normalized spacial score (nSPS) is 18.5. The van der Waals surface area contributed by atoms with E-state index in [9.17, 15) is 0 Å². The van der Waals surface area contributed by atoms with Crippen LogP contribution in [0.5, 0.6) is 0 Å². The van der Waals surface area contributed by atoms with Gasteiger partial charge in [-0.1, -0.05) is 48.0 Å². The standard InChI is InChI=1S/C19H21ClS/c1-14-5-4-6-15(9-14)10-16(13-20)11-18-12-17-7-2-3-8-19(17)21-18/h2-9,16,18H,10-13H2,1H3. The molecule has 0 spiro atoms. The summed E-state index contributed by atoms with van der Waals surface area (Å²) in [5.41, 5.74) is 4.26. The van der Waals surface area contributed by atoms with Crippen molar-refractivity contribution in [2.45, 2.75) is 36.3 Å². The molecule has 2 aromatic rings. The molecule has 2 heteroatoms. The van der Waals surface area contributed by atoms with E-state index in [1.165, 1.54) is 34.4 Å². The minimum atomic E-state index is 0.570. The third kappa shape index (κ3) is 3.84. The van der Waals surface area contributed by atoms with Crippen LogP contribution >= 0.6 is 23.4 Å². The largest absolute Gasteiger partial charge is 0.126 e. The summed E-state index contributed by atoms with van der Waals surface area (Å²) in [5.74, 6) is 1.32. The lowest BCUT2D eigenvalue weighted by molar-refractivity contribution is 0.524. The van der Waals surface area contributed by atoms with Crippen molar-refractivity contribution in [3.8, 4) is 0 Å². The van der Waals surface area contributed by atoms with E-state index >= 15 is 0 Å². The van der Waals surface area contributed by atoms with Crippen molar-refractivity contribution in [2.24, 2.45) is 5.92 Å². The summed E-state index contributed by atoms with van der Waals surface area (Å²) in [7, 11) is 0. The number of thioether (sulfide) groups is 1. The third-order valence-corrected chi connectivity index (χ3v) is 5.92. The molecule has 2 atom stereocenters. The monoisotopic (exact) mass is 316 g/mol. The summed E-state index contributed by atoms with van der Waals surface area (Å²) in [4.78, 5) is 1.46. The second kappa shape index (κ2) is 6.89. The third-order valence-electron chi connectivity index (χ3n) is 4.14. The SMILES string of the molecule is Cc1cccc(CC(CCl)CC2Cc3ccccc3S2)c1. The topological polar surface area (TPSA) is 0 Å². The molecular formula is C19H21ClS. The van der Waals surface area contributed by atoms with Crippen LogP contribution in [-0.2, 0) is 12.8 Å². The molecular weight excluding hydrogens is 296 g/mol. The summed E-state index contributed by atoms with van der Waals surface area (Å²) in [5, 5.41) is 0.691. The first kappa shape index (κ1) is 15.0. The zero-order chi connectivity index (χ0) is 14.7. The molecule has 110 valence electrons. The number of fused-ring (bicyclic) bond motifs is 1. The summed E-state index contributed by atoms with van der Waals surface area (Å²) < 4.78 is 0. The number of hydrogen-bond donors (Lipinski definition) is 0. The van der Waals surface area contributed by atoms with Gasteiger partial charge in [-0.3, -0.25) is 0 Å². The van der Waals surface area contributed by atoms with E-state index < -0.39 is 0 Å². The average Bonchev–Trinajstić information content (AvgIpc) is 2.89. The first-order valence-corrected chi connectivity index (χ1v) is 9.02. The molecule has 21 heavy (non-hydrogen) atoms. The van der Waals surface area contributed by atoms with Gasteiger partial charge in [0.05, 0.1) is 0 Å². The van der Waals surface area contributed by atoms with Crippen LogP contribution in [0.15, 0.2) is 53.4 Å². The Hall–Kier alpha value is -0.920. The Morgan fingerprint density at radius 1 is 1.19 bits per heavy atom.